The number of aliphatic carboxylic acids is 1. The van der Waals surface area contributed by atoms with Crippen LogP contribution in [0.2, 0.25) is 0 Å². The largest absolute Gasteiger partial charge is 0.481 e. The molecule has 4 N–H and O–H groups in total. The summed E-state index contributed by atoms with van der Waals surface area (Å²) in [6.45, 7) is 0. The molecule has 6 heteroatoms. The molecule has 0 radical (unpaired) electrons. The maximum Gasteiger partial charge on any atom is 0.309 e. The third-order valence-corrected chi connectivity index (χ3v) is 1.43. The topological polar surface area (TPSA) is 92.0 Å². The van der Waals surface area contributed by atoms with Crippen molar-refractivity contribution in [2.24, 2.45) is 0 Å². The molecule has 1 heterocycles. The number of hydrogen-bond donors (Lipinski definition) is 3. The van der Waals surface area contributed by atoms with Crippen LogP contribution in [0, 0.1) is 4.64 Å². The molecule has 0 atom stereocenters. The van der Waals surface area contributed by atoms with E-state index in [2.05, 4.69) is 9.97 Å². The first-order valence-electron chi connectivity index (χ1n) is 3.15. The van der Waals surface area contributed by atoms with Crippen molar-refractivity contribution < 1.29 is 9.90 Å². The lowest BCUT2D eigenvalue weighted by Crippen LogP contribution is -2.07. The first kappa shape index (κ1) is 8.66. The van der Waals surface area contributed by atoms with Gasteiger partial charge in [-0.15, -0.1) is 0 Å². The molecule has 0 amide bonds. The molecule has 0 aromatic carbocycles. The van der Waals surface area contributed by atoms with Crippen molar-refractivity contribution in [3.8, 4) is 0 Å². The fourth-order valence-electron chi connectivity index (χ4n) is 0.727. The zero-order valence-electron chi connectivity index (χ0n) is 6.07. The Hall–Kier alpha value is -1.43. The van der Waals surface area contributed by atoms with Crippen LogP contribution in [0.3, 0.4) is 0 Å². The smallest absolute Gasteiger partial charge is 0.309 e. The Morgan fingerprint density at radius 3 is 3.00 bits per heavy atom. The average molecular weight is 185 g/mol. The number of carbonyl (C=O) groups is 1. The summed E-state index contributed by atoms with van der Waals surface area (Å²) in [5.74, 6) is -0.760. The zero-order valence-corrected chi connectivity index (χ0v) is 6.89. The van der Waals surface area contributed by atoms with Gasteiger partial charge in [-0.05, 0) is 0 Å². The Kier molecular flexibility index (Phi) is 2.39. The van der Waals surface area contributed by atoms with E-state index < -0.39 is 5.97 Å². The van der Waals surface area contributed by atoms with E-state index in [4.69, 9.17) is 23.1 Å². The number of nitrogens with zero attached hydrogens (tertiary/aromatic N) is 1. The van der Waals surface area contributed by atoms with Gasteiger partial charge in [0, 0.05) is 0 Å². The fraction of sp³-hybridized carbons (Fsp3) is 0.167. The molecule has 1 aromatic heterocycles. The molecule has 0 spiro atoms. The van der Waals surface area contributed by atoms with E-state index in [9.17, 15) is 4.79 Å². The number of H-pyrrole nitrogens is 1. The highest BCUT2D eigenvalue weighted by molar-refractivity contribution is 7.71. The lowest BCUT2D eigenvalue weighted by atomic mass is 10.3. The molecule has 0 saturated carbocycles. The summed E-state index contributed by atoms with van der Waals surface area (Å²) >= 11 is 4.73. The summed E-state index contributed by atoms with van der Waals surface area (Å²) in [4.78, 5) is 16.7. The standard InChI is InChI=1S/C6H7N3O2S/c7-6-3(1-5(10)11)8-2-4(12)9-6/h2H,1H2,(H,10,11)(H3,7,9,12). The fourth-order valence-corrected chi connectivity index (χ4v) is 0.890. The second-order valence-corrected chi connectivity index (χ2v) is 2.62. The maximum absolute atomic E-state index is 10.3. The predicted octanol–water partition coefficient (Wildman–Crippen LogP) is 0.348. The molecule has 0 saturated heterocycles. The van der Waals surface area contributed by atoms with E-state index in [1.54, 1.807) is 0 Å². The summed E-state index contributed by atoms with van der Waals surface area (Å²) in [5.41, 5.74) is 5.72. The van der Waals surface area contributed by atoms with Crippen LogP contribution in [0.15, 0.2) is 6.20 Å². The van der Waals surface area contributed by atoms with Crippen LogP contribution >= 0.6 is 12.2 Å². The van der Waals surface area contributed by atoms with Gasteiger partial charge >= 0.3 is 5.97 Å². The number of nitrogens with one attached hydrogen (secondary N) is 1. The number of nitrogen functional groups attached to an aromatic ring is 1. The van der Waals surface area contributed by atoms with Gasteiger partial charge in [-0.25, -0.2) is 0 Å². The highest BCUT2D eigenvalue weighted by atomic mass is 32.1. The second-order valence-electron chi connectivity index (χ2n) is 2.18. The van der Waals surface area contributed by atoms with Gasteiger partial charge in [0.25, 0.3) is 0 Å². The number of rotatable bonds is 2. The number of hydrogen-bond acceptors (Lipinski definition) is 4. The number of carboxylic acids is 1. The van der Waals surface area contributed by atoms with Crippen molar-refractivity contribution >= 4 is 24.0 Å². The first-order chi connectivity index (χ1) is 5.59. The van der Waals surface area contributed by atoms with Crippen molar-refractivity contribution in [2.75, 3.05) is 5.73 Å². The molecular formula is C6H7N3O2S. The van der Waals surface area contributed by atoms with Crippen molar-refractivity contribution in [2.45, 2.75) is 6.42 Å². The summed E-state index contributed by atoms with van der Waals surface area (Å²) in [6.07, 6.45) is 1.17. The third kappa shape index (κ3) is 2.03. The first-order valence-corrected chi connectivity index (χ1v) is 3.56. The van der Waals surface area contributed by atoms with Gasteiger partial charge in [0.2, 0.25) is 0 Å². The van der Waals surface area contributed by atoms with Crippen LogP contribution in [0.25, 0.3) is 0 Å². The molecule has 0 fully saturated rings. The molecule has 0 unspecified atom stereocenters. The van der Waals surface area contributed by atoms with E-state index in [-0.39, 0.29) is 12.2 Å². The lowest BCUT2D eigenvalue weighted by molar-refractivity contribution is -0.136. The van der Waals surface area contributed by atoms with Gasteiger partial charge in [0.05, 0.1) is 18.3 Å². The molecule has 1 aromatic rings. The number of aromatic nitrogens is 2. The van der Waals surface area contributed by atoms with Crippen molar-refractivity contribution in [1.29, 1.82) is 0 Å². The van der Waals surface area contributed by atoms with E-state index >= 15 is 0 Å². The maximum atomic E-state index is 10.3. The van der Waals surface area contributed by atoms with E-state index in [1.807, 2.05) is 0 Å². The van der Waals surface area contributed by atoms with Gasteiger partial charge in [-0.3, -0.25) is 9.78 Å². The van der Waals surface area contributed by atoms with E-state index in [1.165, 1.54) is 6.20 Å². The quantitative estimate of drug-likeness (QED) is 0.578. The van der Waals surface area contributed by atoms with E-state index in [0.29, 0.717) is 10.3 Å². The van der Waals surface area contributed by atoms with Crippen LogP contribution in [-0.2, 0) is 11.2 Å². The molecule has 12 heavy (non-hydrogen) atoms. The van der Waals surface area contributed by atoms with Gasteiger partial charge in [-0.2, -0.15) is 0 Å². The van der Waals surface area contributed by atoms with Gasteiger partial charge in [0.1, 0.15) is 10.5 Å². The van der Waals surface area contributed by atoms with Crippen LogP contribution in [0.5, 0.6) is 0 Å². The third-order valence-electron chi connectivity index (χ3n) is 1.23. The molecular weight excluding hydrogens is 178 g/mol. The highest BCUT2D eigenvalue weighted by Crippen LogP contribution is 2.04. The van der Waals surface area contributed by atoms with Crippen LogP contribution in [0.4, 0.5) is 5.82 Å². The van der Waals surface area contributed by atoms with Crippen molar-refractivity contribution in [1.82, 2.24) is 9.97 Å². The average Bonchev–Trinajstić information content (AvgIpc) is 1.94. The number of anilines is 1. The van der Waals surface area contributed by atoms with Gasteiger partial charge < -0.3 is 15.8 Å². The minimum Gasteiger partial charge on any atom is -0.481 e. The summed E-state index contributed by atoms with van der Waals surface area (Å²) in [6, 6.07) is 0. The summed E-state index contributed by atoms with van der Waals surface area (Å²) < 4.78 is 0.390. The minimum atomic E-state index is -0.972. The molecule has 64 valence electrons. The normalized spacial score (nSPS) is 9.67. The number of nitrogens with two attached hydrogens (primary N) is 1. The van der Waals surface area contributed by atoms with Crippen molar-refractivity contribution in [3.63, 3.8) is 0 Å². The van der Waals surface area contributed by atoms with Crippen LogP contribution in [0.1, 0.15) is 5.69 Å². The Morgan fingerprint density at radius 1 is 1.83 bits per heavy atom. The zero-order chi connectivity index (χ0) is 9.14. The Labute approximate surface area is 73.3 Å². The molecule has 0 aliphatic rings. The Morgan fingerprint density at radius 2 is 2.50 bits per heavy atom. The molecule has 5 nitrogen and oxygen atoms in total. The minimum absolute atomic E-state index is 0.196. The number of aromatic amines is 1. The Balaban J connectivity index is 3.01. The van der Waals surface area contributed by atoms with Gasteiger partial charge in [-0.1, -0.05) is 12.2 Å². The van der Waals surface area contributed by atoms with Gasteiger partial charge in [0.15, 0.2) is 0 Å². The molecule has 1 rings (SSSR count). The van der Waals surface area contributed by atoms with E-state index in [0.717, 1.165) is 0 Å². The molecule has 0 aliphatic carbocycles. The SMILES string of the molecule is Nc1[nH]c(=S)cnc1CC(=O)O. The molecule has 0 bridgehead atoms. The predicted molar refractivity (Wildman–Crippen MR) is 45.2 cm³/mol. The lowest BCUT2D eigenvalue weighted by Gasteiger charge is -1.99. The highest BCUT2D eigenvalue weighted by Gasteiger charge is 2.05. The van der Waals surface area contributed by atoms with Crippen LogP contribution in [-0.4, -0.2) is 21.0 Å². The molecule has 0 aliphatic heterocycles. The Bertz CT molecular complexity index is 360. The monoisotopic (exact) mass is 185 g/mol. The van der Waals surface area contributed by atoms with Crippen molar-refractivity contribution in [3.05, 3.63) is 16.5 Å². The summed E-state index contributed by atoms with van der Waals surface area (Å²) in [5, 5.41) is 8.43. The van der Waals surface area contributed by atoms with Crippen LogP contribution < -0.4 is 5.73 Å². The second kappa shape index (κ2) is 3.31. The summed E-state index contributed by atoms with van der Waals surface area (Å²) in [7, 11) is 0. The number of carboxylic acid groups (broad SMARTS) is 1.